The Bertz CT molecular complexity index is 462. The molecule has 1 heterocycles. The van der Waals surface area contributed by atoms with Crippen LogP contribution in [0, 0.1) is 11.8 Å². The number of amides is 1. The van der Waals surface area contributed by atoms with Crippen LogP contribution in [0.1, 0.15) is 42.5 Å². The molecule has 3 atom stereocenters. The summed E-state index contributed by atoms with van der Waals surface area (Å²) in [6, 6.07) is 0.361. The molecule has 0 bridgehead atoms. The fourth-order valence-electron chi connectivity index (χ4n) is 3.53. The molecule has 102 valence electrons. The van der Waals surface area contributed by atoms with Crippen molar-refractivity contribution in [2.75, 3.05) is 6.26 Å². The molecule has 4 nitrogen and oxygen atoms in total. The van der Waals surface area contributed by atoms with Crippen molar-refractivity contribution in [3.05, 3.63) is 18.0 Å². The Morgan fingerprint density at radius 2 is 2.05 bits per heavy atom. The van der Waals surface area contributed by atoms with Gasteiger partial charge in [-0.1, -0.05) is 24.6 Å². The molecule has 0 saturated heterocycles. The van der Waals surface area contributed by atoms with Gasteiger partial charge in [-0.15, -0.1) is 0 Å². The molecular weight excluding hydrogens is 258 g/mol. The van der Waals surface area contributed by atoms with Crippen LogP contribution in [0.5, 0.6) is 0 Å². The molecule has 0 radical (unpaired) electrons. The van der Waals surface area contributed by atoms with Crippen LogP contribution in [0.3, 0.4) is 0 Å². The molecule has 0 unspecified atom stereocenters. The van der Waals surface area contributed by atoms with Crippen molar-refractivity contribution in [3.8, 4) is 0 Å². The van der Waals surface area contributed by atoms with Gasteiger partial charge in [-0.25, -0.2) is 9.97 Å². The molecular formula is C14H19N3OS. The third-order valence-corrected chi connectivity index (χ3v) is 5.05. The number of carbonyl (C=O) groups is 1. The van der Waals surface area contributed by atoms with E-state index in [-0.39, 0.29) is 5.91 Å². The summed E-state index contributed by atoms with van der Waals surface area (Å²) in [5, 5.41) is 3.88. The Kier molecular flexibility index (Phi) is 3.73. The smallest absolute Gasteiger partial charge is 0.254 e. The molecule has 0 aromatic carbocycles. The predicted octanol–water partition coefficient (Wildman–Crippen LogP) is 2.51. The lowest BCUT2D eigenvalue weighted by Gasteiger charge is -2.19. The van der Waals surface area contributed by atoms with E-state index in [0.29, 0.717) is 22.7 Å². The molecule has 2 aliphatic carbocycles. The van der Waals surface area contributed by atoms with Crippen molar-refractivity contribution >= 4 is 17.7 Å². The van der Waals surface area contributed by atoms with E-state index >= 15 is 0 Å². The highest BCUT2D eigenvalue weighted by atomic mass is 32.2. The second kappa shape index (κ2) is 5.49. The van der Waals surface area contributed by atoms with E-state index in [1.54, 1.807) is 12.4 Å². The highest BCUT2D eigenvalue weighted by Gasteiger charge is 2.39. The Labute approximate surface area is 117 Å². The van der Waals surface area contributed by atoms with Crippen molar-refractivity contribution in [1.29, 1.82) is 0 Å². The van der Waals surface area contributed by atoms with Gasteiger partial charge in [0, 0.05) is 18.4 Å². The quantitative estimate of drug-likeness (QED) is 0.681. The summed E-state index contributed by atoms with van der Waals surface area (Å²) in [6.45, 7) is 0. The van der Waals surface area contributed by atoms with Crippen molar-refractivity contribution in [3.63, 3.8) is 0 Å². The molecule has 1 amide bonds. The summed E-state index contributed by atoms with van der Waals surface area (Å²) in [7, 11) is 0. The Morgan fingerprint density at radius 1 is 1.26 bits per heavy atom. The second-order valence-electron chi connectivity index (χ2n) is 5.47. The molecule has 1 aromatic rings. The molecule has 0 spiro atoms. The molecule has 5 heteroatoms. The molecule has 0 aliphatic heterocycles. The zero-order valence-corrected chi connectivity index (χ0v) is 11.9. The van der Waals surface area contributed by atoms with Crippen LogP contribution < -0.4 is 5.32 Å². The minimum atomic E-state index is -0.0230. The maximum atomic E-state index is 12.2. The number of rotatable bonds is 3. The van der Waals surface area contributed by atoms with Crippen molar-refractivity contribution in [1.82, 2.24) is 15.3 Å². The third kappa shape index (κ3) is 2.61. The van der Waals surface area contributed by atoms with E-state index < -0.39 is 0 Å². The summed E-state index contributed by atoms with van der Waals surface area (Å²) in [5.74, 6) is 1.53. The highest BCUT2D eigenvalue weighted by Crippen LogP contribution is 2.43. The first-order valence-electron chi connectivity index (χ1n) is 6.95. The largest absolute Gasteiger partial charge is 0.349 e. The number of hydrogen-bond acceptors (Lipinski definition) is 4. The molecule has 19 heavy (non-hydrogen) atoms. The molecule has 2 saturated carbocycles. The van der Waals surface area contributed by atoms with E-state index in [4.69, 9.17) is 0 Å². The maximum Gasteiger partial charge on any atom is 0.254 e. The number of hydrogen-bond donors (Lipinski definition) is 1. The van der Waals surface area contributed by atoms with Gasteiger partial charge in [-0.05, 0) is 37.4 Å². The lowest BCUT2D eigenvalue weighted by Crippen LogP contribution is -2.37. The third-order valence-electron chi connectivity index (χ3n) is 4.47. The van der Waals surface area contributed by atoms with Crippen LogP contribution in [0.4, 0.5) is 0 Å². The van der Waals surface area contributed by atoms with Gasteiger partial charge in [0.15, 0.2) is 5.16 Å². The number of thioether (sulfide) groups is 1. The van der Waals surface area contributed by atoms with Gasteiger partial charge in [-0.2, -0.15) is 0 Å². The maximum absolute atomic E-state index is 12.2. The fraction of sp³-hybridized carbons (Fsp3) is 0.643. The SMILES string of the molecule is CSc1ncc(C(=O)N[C@H]2CC[C@@H]3CCC[C@@H]32)cn1. The molecule has 3 rings (SSSR count). The van der Waals surface area contributed by atoms with Gasteiger partial charge in [0.05, 0.1) is 5.56 Å². The molecule has 2 aliphatic rings. The fourth-order valence-corrected chi connectivity index (χ4v) is 3.85. The van der Waals surface area contributed by atoms with Gasteiger partial charge < -0.3 is 5.32 Å². The van der Waals surface area contributed by atoms with Gasteiger partial charge in [0.2, 0.25) is 0 Å². The Hall–Kier alpha value is -1.10. The summed E-state index contributed by atoms with van der Waals surface area (Å²) < 4.78 is 0. The average molecular weight is 277 g/mol. The molecule has 2 fully saturated rings. The zero-order chi connectivity index (χ0) is 13.2. The first-order chi connectivity index (χ1) is 9.28. The summed E-state index contributed by atoms with van der Waals surface area (Å²) >= 11 is 1.48. The van der Waals surface area contributed by atoms with Crippen LogP contribution in [0.15, 0.2) is 17.6 Å². The zero-order valence-electron chi connectivity index (χ0n) is 11.1. The van der Waals surface area contributed by atoms with Crippen LogP contribution >= 0.6 is 11.8 Å². The van der Waals surface area contributed by atoms with Gasteiger partial charge in [0.1, 0.15) is 0 Å². The monoisotopic (exact) mass is 277 g/mol. The number of fused-ring (bicyclic) bond motifs is 1. The van der Waals surface area contributed by atoms with Crippen molar-refractivity contribution < 1.29 is 4.79 Å². The Morgan fingerprint density at radius 3 is 2.79 bits per heavy atom. The molecule has 1 aromatic heterocycles. The topological polar surface area (TPSA) is 54.9 Å². The summed E-state index contributed by atoms with van der Waals surface area (Å²) in [6.07, 6.45) is 11.5. The van der Waals surface area contributed by atoms with E-state index in [1.165, 1.54) is 37.4 Å². The number of nitrogens with zero attached hydrogens (tertiary/aromatic N) is 2. The minimum Gasteiger partial charge on any atom is -0.349 e. The van der Waals surface area contributed by atoms with Crippen LogP contribution in [0.2, 0.25) is 0 Å². The summed E-state index contributed by atoms with van der Waals surface area (Å²) in [4.78, 5) is 20.5. The highest BCUT2D eigenvalue weighted by molar-refractivity contribution is 7.98. The predicted molar refractivity (Wildman–Crippen MR) is 75.1 cm³/mol. The van der Waals surface area contributed by atoms with Crippen LogP contribution in [-0.2, 0) is 0 Å². The van der Waals surface area contributed by atoms with Crippen molar-refractivity contribution in [2.45, 2.75) is 43.3 Å². The van der Waals surface area contributed by atoms with E-state index in [2.05, 4.69) is 15.3 Å². The number of carbonyl (C=O) groups excluding carboxylic acids is 1. The van der Waals surface area contributed by atoms with Gasteiger partial charge in [0.25, 0.3) is 5.91 Å². The van der Waals surface area contributed by atoms with Gasteiger partial charge in [-0.3, -0.25) is 4.79 Å². The Balaban J connectivity index is 1.64. The standard InChI is InChI=1S/C14H19N3OS/c1-19-14-15-7-10(8-16-14)13(18)17-12-6-5-9-3-2-4-11(9)12/h7-9,11-12H,2-6H2,1H3,(H,17,18)/t9-,11-,12-/m0/s1. The van der Waals surface area contributed by atoms with E-state index in [0.717, 1.165) is 12.3 Å². The average Bonchev–Trinajstić information content (AvgIpc) is 3.04. The lowest BCUT2D eigenvalue weighted by molar-refractivity contribution is 0.0925. The second-order valence-corrected chi connectivity index (χ2v) is 6.24. The number of aromatic nitrogens is 2. The van der Waals surface area contributed by atoms with E-state index in [9.17, 15) is 4.79 Å². The van der Waals surface area contributed by atoms with E-state index in [1.807, 2.05) is 6.26 Å². The lowest BCUT2D eigenvalue weighted by atomic mass is 9.97. The summed E-state index contributed by atoms with van der Waals surface area (Å²) in [5.41, 5.74) is 0.569. The number of nitrogens with one attached hydrogen (secondary N) is 1. The first kappa shape index (κ1) is 12.9. The van der Waals surface area contributed by atoms with Crippen LogP contribution in [0.25, 0.3) is 0 Å². The normalized spacial score (nSPS) is 29.2. The first-order valence-corrected chi connectivity index (χ1v) is 8.17. The molecule has 1 N–H and O–H groups in total. The van der Waals surface area contributed by atoms with Gasteiger partial charge >= 0.3 is 0 Å². The van der Waals surface area contributed by atoms with Crippen LogP contribution in [-0.4, -0.2) is 28.2 Å². The minimum absolute atomic E-state index is 0.0230. The van der Waals surface area contributed by atoms with Crippen molar-refractivity contribution in [2.24, 2.45) is 11.8 Å².